The maximum absolute atomic E-state index is 11.2. The Balaban J connectivity index is 2.44. The number of aliphatic hydroxyl groups excluding tert-OH is 2. The van der Waals surface area contributed by atoms with Gasteiger partial charge in [-0.25, -0.2) is 9.78 Å². The number of methoxy groups -OCH3 is 1. The summed E-state index contributed by atoms with van der Waals surface area (Å²) in [4.78, 5) is 15.3. The normalized spacial score (nSPS) is 14.1. The fraction of sp³-hybridized carbons (Fsp3) is 0.231. The molecule has 1 aromatic heterocycles. The van der Waals surface area contributed by atoms with Crippen LogP contribution in [0.1, 0.15) is 11.7 Å². The molecule has 0 fully saturated rings. The number of nitrogens with zero attached hydrogens (tertiary/aromatic N) is 1. The zero-order valence-corrected chi connectivity index (χ0v) is 10.8. The zero-order chi connectivity index (χ0) is 14.0. The second-order valence-electron chi connectivity index (χ2n) is 3.97. The van der Waals surface area contributed by atoms with Crippen LogP contribution in [0, 0.1) is 0 Å². The molecule has 0 amide bonds. The van der Waals surface area contributed by atoms with Crippen molar-refractivity contribution in [1.29, 1.82) is 0 Å². The topological polar surface area (TPSA) is 79.7 Å². The molecule has 1 heterocycles. The molecule has 0 aliphatic carbocycles. The number of rotatable bonds is 3. The first-order valence-corrected chi connectivity index (χ1v) is 5.91. The van der Waals surface area contributed by atoms with Gasteiger partial charge in [-0.05, 0) is 12.1 Å². The molecule has 2 aromatic rings. The van der Waals surface area contributed by atoms with Crippen LogP contribution in [0.3, 0.4) is 0 Å². The van der Waals surface area contributed by atoms with Crippen LogP contribution in [0.2, 0.25) is 5.15 Å². The van der Waals surface area contributed by atoms with Crippen molar-refractivity contribution in [2.45, 2.75) is 12.2 Å². The Morgan fingerprint density at radius 2 is 2.05 bits per heavy atom. The van der Waals surface area contributed by atoms with Crippen LogP contribution >= 0.6 is 11.6 Å². The van der Waals surface area contributed by atoms with E-state index in [-0.39, 0.29) is 10.7 Å². The summed E-state index contributed by atoms with van der Waals surface area (Å²) in [5.74, 6) is -0.934. The number of halogens is 1. The number of hydrogen-bond donors (Lipinski definition) is 2. The summed E-state index contributed by atoms with van der Waals surface area (Å²) < 4.78 is 4.37. The van der Waals surface area contributed by atoms with Crippen molar-refractivity contribution in [3.8, 4) is 0 Å². The van der Waals surface area contributed by atoms with E-state index >= 15 is 0 Å². The van der Waals surface area contributed by atoms with Gasteiger partial charge in [-0.15, -0.1) is 0 Å². The number of aliphatic hydroxyl groups is 2. The summed E-state index contributed by atoms with van der Waals surface area (Å²) in [7, 11) is 1.12. The van der Waals surface area contributed by atoms with E-state index in [1.54, 1.807) is 18.2 Å². The summed E-state index contributed by atoms with van der Waals surface area (Å²) >= 11 is 5.96. The van der Waals surface area contributed by atoms with Crippen LogP contribution in [0.5, 0.6) is 0 Å². The van der Waals surface area contributed by atoms with Crippen LogP contribution in [-0.4, -0.2) is 34.4 Å². The molecule has 0 radical (unpaired) electrons. The van der Waals surface area contributed by atoms with Crippen molar-refractivity contribution >= 4 is 28.5 Å². The predicted octanol–water partition coefficient (Wildman–Crippen LogP) is 1.46. The average Bonchev–Trinajstić information content (AvgIpc) is 2.44. The van der Waals surface area contributed by atoms with Gasteiger partial charge in [-0.1, -0.05) is 29.8 Å². The van der Waals surface area contributed by atoms with Crippen LogP contribution in [0.15, 0.2) is 30.3 Å². The lowest BCUT2D eigenvalue weighted by Crippen LogP contribution is -2.29. The molecule has 2 unspecified atom stereocenters. The van der Waals surface area contributed by atoms with Crippen molar-refractivity contribution in [2.75, 3.05) is 7.11 Å². The van der Waals surface area contributed by atoms with Crippen LogP contribution in [0.4, 0.5) is 0 Å². The lowest BCUT2D eigenvalue weighted by Gasteiger charge is -2.17. The monoisotopic (exact) mass is 281 g/mol. The van der Waals surface area contributed by atoms with Crippen molar-refractivity contribution in [1.82, 2.24) is 4.98 Å². The molecule has 0 saturated heterocycles. The highest BCUT2D eigenvalue weighted by Gasteiger charge is 2.28. The minimum Gasteiger partial charge on any atom is -0.467 e. The van der Waals surface area contributed by atoms with Gasteiger partial charge < -0.3 is 14.9 Å². The van der Waals surface area contributed by atoms with E-state index in [2.05, 4.69) is 9.72 Å². The number of hydrogen-bond acceptors (Lipinski definition) is 5. The van der Waals surface area contributed by atoms with Crippen LogP contribution in [0.25, 0.3) is 10.9 Å². The minimum absolute atomic E-state index is 0.0363. The summed E-state index contributed by atoms with van der Waals surface area (Å²) in [6.45, 7) is 0. The minimum atomic E-state index is -1.70. The molecule has 6 heteroatoms. The van der Waals surface area contributed by atoms with Crippen molar-refractivity contribution in [3.63, 3.8) is 0 Å². The smallest absolute Gasteiger partial charge is 0.337 e. The highest BCUT2D eigenvalue weighted by atomic mass is 35.5. The molecule has 2 atom stereocenters. The summed E-state index contributed by atoms with van der Waals surface area (Å²) in [6, 6.07) is 8.77. The first kappa shape index (κ1) is 13.7. The summed E-state index contributed by atoms with van der Waals surface area (Å²) in [5.41, 5.74) is 0.842. The standard InChI is InChI=1S/C13H12ClNO4/c1-19-13(18)11(17)10(16)8-6-7-4-2-3-5-9(7)15-12(8)14/h2-6,10-11,16-17H,1H3. The van der Waals surface area contributed by atoms with Gasteiger partial charge in [0.05, 0.1) is 12.6 Å². The largest absolute Gasteiger partial charge is 0.467 e. The van der Waals surface area contributed by atoms with E-state index < -0.39 is 18.2 Å². The van der Waals surface area contributed by atoms with E-state index in [9.17, 15) is 15.0 Å². The average molecular weight is 282 g/mol. The number of carbonyl (C=O) groups excluding carboxylic acids is 1. The Kier molecular flexibility index (Phi) is 3.99. The molecule has 0 aliphatic rings. The van der Waals surface area contributed by atoms with Gasteiger partial charge in [0.15, 0.2) is 6.10 Å². The fourth-order valence-electron chi connectivity index (χ4n) is 1.74. The lowest BCUT2D eigenvalue weighted by molar-refractivity contribution is -0.156. The number of esters is 1. The number of fused-ring (bicyclic) bond motifs is 1. The Labute approximate surface area is 114 Å². The third-order valence-electron chi connectivity index (χ3n) is 2.76. The molecule has 2 N–H and O–H groups in total. The molecule has 5 nitrogen and oxygen atoms in total. The van der Waals surface area contributed by atoms with Crippen molar-refractivity contribution < 1.29 is 19.7 Å². The number of ether oxygens (including phenoxy) is 1. The van der Waals surface area contributed by atoms with Crippen LogP contribution in [-0.2, 0) is 9.53 Å². The molecular formula is C13H12ClNO4. The molecule has 100 valence electrons. The van der Waals surface area contributed by atoms with Crippen LogP contribution < -0.4 is 0 Å². The quantitative estimate of drug-likeness (QED) is 0.658. The molecule has 0 saturated carbocycles. The second-order valence-corrected chi connectivity index (χ2v) is 4.33. The number of para-hydroxylation sites is 1. The Hall–Kier alpha value is -1.69. The van der Waals surface area contributed by atoms with E-state index in [1.165, 1.54) is 0 Å². The Morgan fingerprint density at radius 1 is 1.37 bits per heavy atom. The van der Waals surface area contributed by atoms with Gasteiger partial charge in [-0.3, -0.25) is 0 Å². The predicted molar refractivity (Wildman–Crippen MR) is 69.7 cm³/mol. The molecule has 2 rings (SSSR count). The third kappa shape index (κ3) is 2.68. The van der Waals surface area contributed by atoms with Gasteiger partial charge in [0.25, 0.3) is 0 Å². The molecule has 0 aliphatic heterocycles. The van der Waals surface area contributed by atoms with E-state index in [0.29, 0.717) is 5.52 Å². The van der Waals surface area contributed by atoms with Gasteiger partial charge in [0.2, 0.25) is 0 Å². The Bertz CT molecular complexity index is 617. The fourth-order valence-corrected chi connectivity index (χ4v) is 1.99. The SMILES string of the molecule is COC(=O)C(O)C(O)c1cc2ccccc2nc1Cl. The van der Waals surface area contributed by atoms with Gasteiger partial charge in [0.1, 0.15) is 11.3 Å². The highest BCUT2D eigenvalue weighted by Crippen LogP contribution is 2.27. The maximum atomic E-state index is 11.2. The molecule has 0 spiro atoms. The van der Waals surface area contributed by atoms with E-state index in [0.717, 1.165) is 12.5 Å². The number of benzene rings is 1. The Morgan fingerprint density at radius 3 is 2.74 bits per heavy atom. The molecular weight excluding hydrogens is 270 g/mol. The highest BCUT2D eigenvalue weighted by molar-refractivity contribution is 6.30. The van der Waals surface area contributed by atoms with Gasteiger partial charge in [0, 0.05) is 10.9 Å². The van der Waals surface area contributed by atoms with E-state index in [1.807, 2.05) is 12.1 Å². The zero-order valence-electron chi connectivity index (χ0n) is 10.1. The second kappa shape index (κ2) is 5.52. The maximum Gasteiger partial charge on any atom is 0.337 e. The molecule has 19 heavy (non-hydrogen) atoms. The number of pyridine rings is 1. The first-order chi connectivity index (χ1) is 9.04. The van der Waals surface area contributed by atoms with E-state index in [4.69, 9.17) is 11.6 Å². The van der Waals surface area contributed by atoms with Crippen molar-refractivity contribution in [3.05, 3.63) is 41.0 Å². The first-order valence-electron chi connectivity index (χ1n) is 5.53. The number of carbonyl (C=O) groups is 1. The summed E-state index contributed by atoms with van der Waals surface area (Å²) in [6.07, 6.45) is -3.19. The van der Waals surface area contributed by atoms with Gasteiger partial charge in [-0.2, -0.15) is 0 Å². The van der Waals surface area contributed by atoms with Crippen molar-refractivity contribution in [2.24, 2.45) is 0 Å². The number of aromatic nitrogens is 1. The third-order valence-corrected chi connectivity index (χ3v) is 3.07. The lowest BCUT2D eigenvalue weighted by atomic mass is 10.0. The molecule has 1 aromatic carbocycles. The molecule has 0 bridgehead atoms. The summed E-state index contributed by atoms with van der Waals surface area (Å²) in [5, 5.41) is 20.4. The van der Waals surface area contributed by atoms with Gasteiger partial charge >= 0.3 is 5.97 Å².